The molecule has 0 aromatic heterocycles. The molecule has 2 amide bonds. The van der Waals surface area contributed by atoms with Gasteiger partial charge in [0.2, 0.25) is 0 Å². The Hall–Kier alpha value is -0.910. The molecule has 0 aromatic carbocycles. The first-order valence-electron chi connectivity index (χ1n) is 7.92. The Kier molecular flexibility index (Phi) is 6.21. The molecule has 0 unspecified atom stereocenters. The van der Waals surface area contributed by atoms with Crippen LogP contribution in [0.3, 0.4) is 0 Å². The largest absolute Gasteiger partial charge is 0.481 e. The fourth-order valence-electron chi connectivity index (χ4n) is 3.42. The molecule has 21 heavy (non-hydrogen) atoms. The van der Waals surface area contributed by atoms with E-state index in [4.69, 9.17) is 5.11 Å². The molecular formula is C15H26N2O3S. The predicted molar refractivity (Wildman–Crippen MR) is 84.6 cm³/mol. The van der Waals surface area contributed by atoms with Gasteiger partial charge in [0.15, 0.2) is 0 Å². The van der Waals surface area contributed by atoms with Crippen molar-refractivity contribution in [2.45, 2.75) is 68.7 Å². The van der Waals surface area contributed by atoms with E-state index in [-0.39, 0.29) is 24.0 Å². The third-order valence-corrected chi connectivity index (χ3v) is 5.90. The Morgan fingerprint density at radius 3 is 2.29 bits per heavy atom. The monoisotopic (exact) mass is 314 g/mol. The molecule has 6 heteroatoms. The predicted octanol–water partition coefficient (Wildman–Crippen LogP) is 2.60. The molecule has 120 valence electrons. The summed E-state index contributed by atoms with van der Waals surface area (Å²) < 4.78 is 0. The first-order chi connectivity index (χ1) is 10.1. The average Bonchev–Trinajstić information content (AvgIpc) is 2.48. The Balaban J connectivity index is 1.73. The third kappa shape index (κ3) is 4.80. The lowest BCUT2D eigenvalue weighted by atomic mass is 9.86. The van der Waals surface area contributed by atoms with E-state index in [1.807, 2.05) is 11.8 Å². The summed E-state index contributed by atoms with van der Waals surface area (Å²) in [5, 5.41) is 15.6. The zero-order valence-electron chi connectivity index (χ0n) is 12.6. The maximum Gasteiger partial charge on any atom is 0.315 e. The number of thioether (sulfide) groups is 1. The molecule has 2 rings (SSSR count). The lowest BCUT2D eigenvalue weighted by Gasteiger charge is -2.32. The fraction of sp³-hybridized carbons (Fsp3) is 0.867. The van der Waals surface area contributed by atoms with Crippen molar-refractivity contribution in [2.75, 3.05) is 6.26 Å². The number of carbonyl (C=O) groups is 2. The van der Waals surface area contributed by atoms with E-state index in [9.17, 15) is 9.59 Å². The zero-order valence-corrected chi connectivity index (χ0v) is 13.5. The normalized spacial score (nSPS) is 33.2. The molecule has 0 heterocycles. The van der Waals surface area contributed by atoms with Crippen molar-refractivity contribution in [2.24, 2.45) is 5.92 Å². The quantitative estimate of drug-likeness (QED) is 0.745. The number of hydrogen-bond acceptors (Lipinski definition) is 3. The molecule has 0 radical (unpaired) electrons. The topological polar surface area (TPSA) is 78.4 Å². The molecule has 2 aliphatic carbocycles. The van der Waals surface area contributed by atoms with Crippen LogP contribution in [0, 0.1) is 5.92 Å². The number of rotatable bonds is 4. The van der Waals surface area contributed by atoms with E-state index in [0.29, 0.717) is 18.1 Å². The Bertz CT molecular complexity index is 370. The highest BCUT2D eigenvalue weighted by Gasteiger charge is 2.29. The number of amides is 2. The van der Waals surface area contributed by atoms with E-state index in [0.717, 1.165) is 19.3 Å². The van der Waals surface area contributed by atoms with Crippen molar-refractivity contribution in [3.8, 4) is 0 Å². The summed E-state index contributed by atoms with van der Waals surface area (Å²) in [6.07, 6.45) is 9.64. The van der Waals surface area contributed by atoms with Crippen LogP contribution in [0.1, 0.15) is 51.4 Å². The number of aliphatic carboxylic acids is 1. The van der Waals surface area contributed by atoms with Gasteiger partial charge in [-0.15, -0.1) is 0 Å². The Labute approximate surface area is 130 Å². The second-order valence-electron chi connectivity index (χ2n) is 6.17. The molecule has 2 atom stereocenters. The Morgan fingerprint density at radius 1 is 1.00 bits per heavy atom. The molecule has 0 saturated heterocycles. The van der Waals surface area contributed by atoms with Crippen molar-refractivity contribution < 1.29 is 14.7 Å². The molecule has 2 fully saturated rings. The average molecular weight is 314 g/mol. The standard InChI is InChI=1S/C15H26N2O3S/c1-21-13-5-3-2-4-12(13)17-15(20)16-11-8-6-10(7-9-11)14(18)19/h10-13H,2-9H2,1H3,(H,18,19)(H2,16,17,20)/t10?,11?,12-,13-/m0/s1. The van der Waals surface area contributed by atoms with Crippen molar-refractivity contribution in [3.05, 3.63) is 0 Å². The van der Waals surface area contributed by atoms with E-state index < -0.39 is 5.97 Å². The third-order valence-electron chi connectivity index (χ3n) is 4.73. The highest BCUT2D eigenvalue weighted by molar-refractivity contribution is 7.99. The van der Waals surface area contributed by atoms with Gasteiger partial charge in [0.25, 0.3) is 0 Å². The van der Waals surface area contributed by atoms with Gasteiger partial charge < -0.3 is 15.7 Å². The molecule has 0 aromatic rings. The summed E-state index contributed by atoms with van der Waals surface area (Å²) in [5.74, 6) is -0.937. The van der Waals surface area contributed by atoms with Crippen LogP contribution in [0.25, 0.3) is 0 Å². The van der Waals surface area contributed by atoms with Gasteiger partial charge in [0, 0.05) is 17.3 Å². The van der Waals surface area contributed by atoms with Gasteiger partial charge >= 0.3 is 12.0 Å². The number of carboxylic acids is 1. The van der Waals surface area contributed by atoms with Gasteiger partial charge in [-0.1, -0.05) is 12.8 Å². The summed E-state index contributed by atoms with van der Waals surface area (Å²) in [5.41, 5.74) is 0. The molecule has 0 spiro atoms. The molecular weight excluding hydrogens is 288 g/mol. The highest BCUT2D eigenvalue weighted by Crippen LogP contribution is 2.27. The van der Waals surface area contributed by atoms with Crippen LogP contribution in [0.15, 0.2) is 0 Å². The van der Waals surface area contributed by atoms with E-state index in [1.165, 1.54) is 19.3 Å². The summed E-state index contributed by atoms with van der Waals surface area (Å²) in [7, 11) is 0. The first kappa shape index (κ1) is 16.5. The van der Waals surface area contributed by atoms with Crippen LogP contribution in [-0.2, 0) is 4.79 Å². The van der Waals surface area contributed by atoms with Crippen molar-refractivity contribution in [1.82, 2.24) is 10.6 Å². The van der Waals surface area contributed by atoms with E-state index in [2.05, 4.69) is 16.9 Å². The maximum absolute atomic E-state index is 12.1. The second-order valence-corrected chi connectivity index (χ2v) is 7.25. The first-order valence-corrected chi connectivity index (χ1v) is 9.21. The summed E-state index contributed by atoms with van der Waals surface area (Å²) in [6, 6.07) is 0.306. The molecule has 2 saturated carbocycles. The Morgan fingerprint density at radius 2 is 1.67 bits per heavy atom. The fourth-order valence-corrected chi connectivity index (χ4v) is 4.36. The molecule has 0 aliphatic heterocycles. The molecule has 0 bridgehead atoms. The second kappa shape index (κ2) is 7.92. The lowest BCUT2D eigenvalue weighted by molar-refractivity contribution is -0.142. The minimum atomic E-state index is -0.706. The van der Waals surface area contributed by atoms with Gasteiger partial charge in [-0.25, -0.2) is 4.79 Å². The van der Waals surface area contributed by atoms with Crippen LogP contribution in [0.2, 0.25) is 0 Å². The van der Waals surface area contributed by atoms with Gasteiger partial charge in [0.05, 0.1) is 5.92 Å². The maximum atomic E-state index is 12.1. The van der Waals surface area contributed by atoms with Crippen LogP contribution >= 0.6 is 11.8 Å². The summed E-state index contributed by atoms with van der Waals surface area (Å²) >= 11 is 1.84. The van der Waals surface area contributed by atoms with E-state index >= 15 is 0 Å². The van der Waals surface area contributed by atoms with Crippen LogP contribution in [0.4, 0.5) is 4.79 Å². The molecule has 5 nitrogen and oxygen atoms in total. The SMILES string of the molecule is CS[C@H]1CCCC[C@@H]1NC(=O)NC1CCC(C(=O)O)CC1. The van der Waals surface area contributed by atoms with Gasteiger partial charge in [-0.2, -0.15) is 11.8 Å². The van der Waals surface area contributed by atoms with Crippen molar-refractivity contribution in [1.29, 1.82) is 0 Å². The van der Waals surface area contributed by atoms with Crippen molar-refractivity contribution >= 4 is 23.8 Å². The number of hydrogen-bond donors (Lipinski definition) is 3. The lowest BCUT2D eigenvalue weighted by Crippen LogP contribution is -2.51. The number of carbonyl (C=O) groups excluding carboxylic acids is 1. The smallest absolute Gasteiger partial charge is 0.315 e. The van der Waals surface area contributed by atoms with Crippen LogP contribution in [-0.4, -0.2) is 40.7 Å². The van der Waals surface area contributed by atoms with Gasteiger partial charge in [-0.3, -0.25) is 4.79 Å². The summed E-state index contributed by atoms with van der Waals surface area (Å²) in [4.78, 5) is 23.0. The van der Waals surface area contributed by atoms with E-state index in [1.54, 1.807) is 0 Å². The summed E-state index contributed by atoms with van der Waals surface area (Å²) in [6.45, 7) is 0. The van der Waals surface area contributed by atoms with Gasteiger partial charge in [0.1, 0.15) is 0 Å². The highest BCUT2D eigenvalue weighted by atomic mass is 32.2. The minimum absolute atomic E-state index is 0.0836. The zero-order chi connectivity index (χ0) is 15.2. The van der Waals surface area contributed by atoms with Crippen LogP contribution in [0.5, 0.6) is 0 Å². The van der Waals surface area contributed by atoms with Gasteiger partial charge in [-0.05, 0) is 44.8 Å². The number of urea groups is 1. The molecule has 3 N–H and O–H groups in total. The number of carboxylic acid groups (broad SMARTS) is 1. The van der Waals surface area contributed by atoms with Crippen molar-refractivity contribution in [3.63, 3.8) is 0 Å². The minimum Gasteiger partial charge on any atom is -0.481 e. The van der Waals surface area contributed by atoms with Crippen LogP contribution < -0.4 is 10.6 Å². The molecule has 2 aliphatic rings. The number of nitrogens with one attached hydrogen (secondary N) is 2.